The van der Waals surface area contributed by atoms with Crippen LogP contribution in [0.5, 0.6) is 0 Å². The van der Waals surface area contributed by atoms with Crippen LogP contribution in [-0.2, 0) is 42.2 Å². The molecule has 0 amide bonds. The van der Waals surface area contributed by atoms with Crippen molar-refractivity contribution >= 4 is 10.1 Å². The van der Waals surface area contributed by atoms with Gasteiger partial charge in [-0.05, 0) is 66.3 Å². The van der Waals surface area contributed by atoms with Gasteiger partial charge in [-0.3, -0.25) is 4.55 Å². The van der Waals surface area contributed by atoms with Gasteiger partial charge in [0.05, 0.1) is 0 Å². The topological polar surface area (TPSA) is 54.4 Å². The van der Waals surface area contributed by atoms with Crippen LogP contribution in [0.15, 0.2) is 4.90 Å². The molecular weight excluding hydrogens is 392 g/mol. The maximum absolute atomic E-state index is 12.4. The van der Waals surface area contributed by atoms with Gasteiger partial charge in [0, 0.05) is 0 Å². The van der Waals surface area contributed by atoms with Crippen molar-refractivity contribution in [3.05, 3.63) is 27.8 Å². The highest BCUT2D eigenvalue weighted by atomic mass is 32.2. The zero-order chi connectivity index (χ0) is 22.6. The third kappa shape index (κ3) is 7.67. The van der Waals surface area contributed by atoms with Gasteiger partial charge in [0.25, 0.3) is 10.1 Å². The minimum Gasteiger partial charge on any atom is -0.282 e. The second-order valence-electron chi connectivity index (χ2n) is 8.54. The van der Waals surface area contributed by atoms with Crippen molar-refractivity contribution in [1.82, 2.24) is 0 Å². The van der Waals surface area contributed by atoms with Crippen LogP contribution < -0.4 is 0 Å². The van der Waals surface area contributed by atoms with Crippen LogP contribution in [0.3, 0.4) is 0 Å². The van der Waals surface area contributed by atoms with E-state index < -0.39 is 10.1 Å². The standard InChI is InChI=1S/C26H46O3S/c1-6-11-12-13-14-15-16-17-18-19-20-25-23(9-4)21(7-2)22(8-3)24(10-5)26(25)30(27,28)29/h6-20H2,1-5H3,(H,27,28,29). The lowest BCUT2D eigenvalue weighted by Crippen LogP contribution is -2.16. The van der Waals surface area contributed by atoms with E-state index in [1.807, 2.05) is 6.92 Å². The third-order valence-electron chi connectivity index (χ3n) is 6.46. The van der Waals surface area contributed by atoms with E-state index in [0.717, 1.165) is 60.8 Å². The summed E-state index contributed by atoms with van der Waals surface area (Å²) in [4.78, 5) is 0.229. The van der Waals surface area contributed by atoms with Crippen LogP contribution in [-0.4, -0.2) is 13.0 Å². The average molecular weight is 439 g/mol. The first kappa shape index (κ1) is 27.2. The van der Waals surface area contributed by atoms with Gasteiger partial charge in [-0.25, -0.2) is 0 Å². The van der Waals surface area contributed by atoms with Gasteiger partial charge in [0.1, 0.15) is 4.90 Å². The summed E-state index contributed by atoms with van der Waals surface area (Å²) < 4.78 is 34.9. The molecule has 0 aliphatic heterocycles. The van der Waals surface area contributed by atoms with Crippen molar-refractivity contribution in [2.75, 3.05) is 0 Å². The fourth-order valence-corrected chi connectivity index (χ4v) is 6.14. The SMILES string of the molecule is CCCCCCCCCCCCc1c(CC)c(CC)c(CC)c(CC)c1S(=O)(=O)O. The summed E-state index contributed by atoms with van der Waals surface area (Å²) in [6.45, 7) is 10.6. The molecule has 174 valence electrons. The quantitative estimate of drug-likeness (QED) is 0.213. The van der Waals surface area contributed by atoms with Crippen LogP contribution in [0.2, 0.25) is 0 Å². The molecule has 0 saturated heterocycles. The predicted molar refractivity (Wildman–Crippen MR) is 129 cm³/mol. The number of rotatable bonds is 16. The molecule has 4 heteroatoms. The lowest BCUT2D eigenvalue weighted by atomic mass is 9.85. The Morgan fingerprint density at radius 2 is 0.900 bits per heavy atom. The van der Waals surface area contributed by atoms with Crippen LogP contribution in [0.1, 0.15) is 127 Å². The Kier molecular flexibility index (Phi) is 12.9. The largest absolute Gasteiger partial charge is 0.295 e. The molecule has 0 bridgehead atoms. The van der Waals surface area contributed by atoms with Gasteiger partial charge in [0.2, 0.25) is 0 Å². The maximum atomic E-state index is 12.4. The fraction of sp³-hybridized carbons (Fsp3) is 0.769. The van der Waals surface area contributed by atoms with Crippen molar-refractivity contribution in [2.24, 2.45) is 0 Å². The van der Waals surface area contributed by atoms with Crippen LogP contribution >= 0.6 is 0 Å². The number of hydrogen-bond donors (Lipinski definition) is 1. The van der Waals surface area contributed by atoms with Gasteiger partial charge >= 0.3 is 0 Å². The van der Waals surface area contributed by atoms with Crippen molar-refractivity contribution < 1.29 is 13.0 Å². The van der Waals surface area contributed by atoms with E-state index in [4.69, 9.17) is 0 Å². The summed E-state index contributed by atoms with van der Waals surface area (Å²) in [5.41, 5.74) is 5.35. The first-order valence-corrected chi connectivity index (χ1v) is 14.0. The lowest BCUT2D eigenvalue weighted by Gasteiger charge is -2.24. The van der Waals surface area contributed by atoms with Gasteiger partial charge in [0.15, 0.2) is 0 Å². The van der Waals surface area contributed by atoms with Crippen LogP contribution in [0, 0.1) is 0 Å². The van der Waals surface area contributed by atoms with Crippen molar-refractivity contribution in [1.29, 1.82) is 0 Å². The highest BCUT2D eigenvalue weighted by Gasteiger charge is 2.27. The number of benzene rings is 1. The summed E-state index contributed by atoms with van der Waals surface area (Å²) in [6.07, 6.45) is 16.5. The third-order valence-corrected chi connectivity index (χ3v) is 7.47. The molecule has 3 nitrogen and oxygen atoms in total. The summed E-state index contributed by atoms with van der Waals surface area (Å²) in [5, 5.41) is 0. The minimum absolute atomic E-state index is 0.229. The van der Waals surface area contributed by atoms with Gasteiger partial charge in [-0.15, -0.1) is 0 Å². The Bertz CT molecular complexity index is 735. The smallest absolute Gasteiger partial charge is 0.282 e. The molecule has 0 heterocycles. The van der Waals surface area contributed by atoms with Gasteiger partial charge < -0.3 is 0 Å². The number of unbranched alkanes of at least 4 members (excludes halogenated alkanes) is 9. The van der Waals surface area contributed by atoms with Gasteiger partial charge in [-0.2, -0.15) is 8.42 Å². The van der Waals surface area contributed by atoms with Crippen molar-refractivity contribution in [3.63, 3.8) is 0 Å². The number of hydrogen-bond acceptors (Lipinski definition) is 2. The highest BCUT2D eigenvalue weighted by Crippen LogP contribution is 2.34. The van der Waals surface area contributed by atoms with E-state index in [2.05, 4.69) is 27.7 Å². The molecular formula is C26H46O3S. The first-order valence-electron chi connectivity index (χ1n) is 12.5. The van der Waals surface area contributed by atoms with Crippen molar-refractivity contribution in [2.45, 2.75) is 136 Å². The second kappa shape index (κ2) is 14.2. The molecule has 0 aliphatic carbocycles. The summed E-state index contributed by atoms with van der Waals surface area (Å²) in [6, 6.07) is 0. The first-order chi connectivity index (χ1) is 14.4. The van der Waals surface area contributed by atoms with E-state index in [9.17, 15) is 13.0 Å². The van der Waals surface area contributed by atoms with Crippen LogP contribution in [0.25, 0.3) is 0 Å². The van der Waals surface area contributed by atoms with Crippen LogP contribution in [0.4, 0.5) is 0 Å². The molecule has 1 rings (SSSR count). The average Bonchev–Trinajstić information content (AvgIpc) is 2.72. The predicted octanol–water partition coefficient (Wildman–Crippen LogP) is 7.65. The highest BCUT2D eigenvalue weighted by molar-refractivity contribution is 7.86. The molecule has 0 radical (unpaired) electrons. The van der Waals surface area contributed by atoms with E-state index in [1.165, 1.54) is 56.9 Å². The van der Waals surface area contributed by atoms with E-state index in [0.29, 0.717) is 6.42 Å². The minimum atomic E-state index is -4.23. The van der Waals surface area contributed by atoms with Gasteiger partial charge in [-0.1, -0.05) is 92.4 Å². The molecule has 1 N–H and O–H groups in total. The molecule has 0 fully saturated rings. The van der Waals surface area contributed by atoms with E-state index in [-0.39, 0.29) is 4.90 Å². The normalized spacial score (nSPS) is 11.9. The molecule has 0 aromatic heterocycles. The summed E-state index contributed by atoms with van der Waals surface area (Å²) in [7, 11) is -4.23. The second-order valence-corrected chi connectivity index (χ2v) is 9.90. The molecule has 1 aromatic rings. The monoisotopic (exact) mass is 438 g/mol. The Morgan fingerprint density at radius 3 is 1.30 bits per heavy atom. The molecule has 30 heavy (non-hydrogen) atoms. The van der Waals surface area contributed by atoms with E-state index in [1.54, 1.807) is 0 Å². The Hall–Kier alpha value is -0.870. The Balaban J connectivity index is 2.92. The summed E-state index contributed by atoms with van der Waals surface area (Å²) >= 11 is 0. The maximum Gasteiger partial charge on any atom is 0.295 e. The Morgan fingerprint density at radius 1 is 0.533 bits per heavy atom. The zero-order valence-corrected chi connectivity index (χ0v) is 21.1. The zero-order valence-electron chi connectivity index (χ0n) is 20.3. The molecule has 0 aliphatic rings. The van der Waals surface area contributed by atoms with Crippen molar-refractivity contribution in [3.8, 4) is 0 Å². The molecule has 0 spiro atoms. The lowest BCUT2D eigenvalue weighted by molar-refractivity contribution is 0.479. The molecule has 1 aromatic carbocycles. The van der Waals surface area contributed by atoms with E-state index >= 15 is 0 Å². The fourth-order valence-electron chi connectivity index (χ4n) is 5.02. The summed E-state index contributed by atoms with van der Waals surface area (Å²) in [5.74, 6) is 0. The Labute approximate surface area is 186 Å². The molecule has 0 saturated carbocycles. The molecule has 0 unspecified atom stereocenters. The molecule has 0 atom stereocenters.